The Morgan fingerprint density at radius 1 is 0.758 bits per heavy atom. The second kappa shape index (κ2) is 10.0. The first kappa shape index (κ1) is 22.1. The number of carbonyl (C=O) groups excluding carboxylic acids is 1. The molecular formula is C27H32N4OS. The molecule has 0 unspecified atom stereocenters. The fourth-order valence-electron chi connectivity index (χ4n) is 4.74. The molecule has 0 radical (unpaired) electrons. The molecule has 3 fully saturated rings. The summed E-state index contributed by atoms with van der Waals surface area (Å²) < 4.78 is 0. The number of thioether (sulfide) groups is 1. The Hall–Kier alpha value is -2.73. The number of amidine groups is 1. The number of amides is 1. The number of rotatable bonds is 4. The van der Waals surface area contributed by atoms with Gasteiger partial charge in [0.25, 0.3) is 5.91 Å². The van der Waals surface area contributed by atoms with Crippen LogP contribution in [0.5, 0.6) is 0 Å². The van der Waals surface area contributed by atoms with Gasteiger partial charge < -0.3 is 9.80 Å². The van der Waals surface area contributed by atoms with Gasteiger partial charge in [0.15, 0.2) is 5.17 Å². The van der Waals surface area contributed by atoms with E-state index in [2.05, 4.69) is 58.3 Å². The number of benzene rings is 2. The summed E-state index contributed by atoms with van der Waals surface area (Å²) in [6.07, 6.45) is 9.72. The highest BCUT2D eigenvalue weighted by Gasteiger charge is 2.30. The average Bonchev–Trinajstić information content (AvgIpc) is 3.13. The number of carbonyl (C=O) groups is 1. The summed E-state index contributed by atoms with van der Waals surface area (Å²) in [4.78, 5) is 24.8. The molecule has 0 saturated carbocycles. The molecule has 0 spiro atoms. The molecule has 0 atom stereocenters. The predicted molar refractivity (Wildman–Crippen MR) is 140 cm³/mol. The van der Waals surface area contributed by atoms with Crippen molar-refractivity contribution < 1.29 is 4.79 Å². The highest BCUT2D eigenvalue weighted by molar-refractivity contribution is 8.18. The van der Waals surface area contributed by atoms with Gasteiger partial charge in [0.1, 0.15) is 0 Å². The molecule has 3 saturated heterocycles. The number of piperidine rings is 2. The number of anilines is 2. The smallest absolute Gasteiger partial charge is 0.266 e. The third-order valence-corrected chi connectivity index (χ3v) is 7.77. The third kappa shape index (κ3) is 5.11. The zero-order valence-corrected chi connectivity index (χ0v) is 20.2. The summed E-state index contributed by atoms with van der Waals surface area (Å²) in [5, 5.41) is 0.724. The zero-order valence-electron chi connectivity index (χ0n) is 19.4. The summed E-state index contributed by atoms with van der Waals surface area (Å²) >= 11 is 1.45. The van der Waals surface area contributed by atoms with Gasteiger partial charge in [-0.1, -0.05) is 12.1 Å². The summed E-state index contributed by atoms with van der Waals surface area (Å²) in [5.74, 6) is 0.00351. The van der Waals surface area contributed by atoms with E-state index in [0.717, 1.165) is 42.6 Å². The topological polar surface area (TPSA) is 39.2 Å². The lowest BCUT2D eigenvalue weighted by Gasteiger charge is -2.28. The number of likely N-dealkylation sites (N-methyl/N-ethyl adjacent to an activating group) is 1. The first-order valence-corrected chi connectivity index (χ1v) is 13.0. The minimum atomic E-state index is 0.00351. The van der Waals surface area contributed by atoms with E-state index in [-0.39, 0.29) is 5.91 Å². The van der Waals surface area contributed by atoms with Crippen LogP contribution in [0.1, 0.15) is 44.1 Å². The van der Waals surface area contributed by atoms with Gasteiger partial charge in [-0.05, 0) is 98.3 Å². The van der Waals surface area contributed by atoms with E-state index in [9.17, 15) is 4.79 Å². The average molecular weight is 461 g/mol. The molecule has 3 heterocycles. The summed E-state index contributed by atoms with van der Waals surface area (Å²) in [7, 11) is 1.80. The van der Waals surface area contributed by atoms with Crippen molar-refractivity contribution in [3.05, 3.63) is 59.0 Å². The van der Waals surface area contributed by atoms with Crippen molar-refractivity contribution in [1.82, 2.24) is 4.90 Å². The second-order valence-electron chi connectivity index (χ2n) is 9.07. The van der Waals surface area contributed by atoms with E-state index in [4.69, 9.17) is 4.99 Å². The highest BCUT2D eigenvalue weighted by atomic mass is 32.2. The lowest BCUT2D eigenvalue weighted by atomic mass is 10.1. The Balaban J connectivity index is 1.28. The van der Waals surface area contributed by atoms with E-state index in [1.807, 2.05) is 6.08 Å². The van der Waals surface area contributed by atoms with Crippen LogP contribution >= 0.6 is 11.8 Å². The van der Waals surface area contributed by atoms with Crippen molar-refractivity contribution in [1.29, 1.82) is 0 Å². The van der Waals surface area contributed by atoms with Crippen molar-refractivity contribution in [3.63, 3.8) is 0 Å². The third-order valence-electron chi connectivity index (χ3n) is 6.71. The Labute approximate surface area is 201 Å². The van der Waals surface area contributed by atoms with Crippen molar-refractivity contribution >= 4 is 46.0 Å². The van der Waals surface area contributed by atoms with Crippen molar-refractivity contribution in [3.8, 4) is 0 Å². The van der Waals surface area contributed by atoms with E-state index in [1.54, 1.807) is 11.9 Å². The molecule has 3 aliphatic heterocycles. The molecule has 5 nitrogen and oxygen atoms in total. The molecule has 0 aliphatic carbocycles. The van der Waals surface area contributed by atoms with Crippen LogP contribution in [0, 0.1) is 0 Å². The number of hydrogen-bond acceptors (Lipinski definition) is 5. The van der Waals surface area contributed by atoms with Gasteiger partial charge in [-0.15, -0.1) is 0 Å². The van der Waals surface area contributed by atoms with Gasteiger partial charge in [0, 0.05) is 44.6 Å². The molecule has 2 aromatic rings. The monoisotopic (exact) mass is 460 g/mol. The van der Waals surface area contributed by atoms with Crippen LogP contribution in [0.2, 0.25) is 0 Å². The van der Waals surface area contributed by atoms with Gasteiger partial charge >= 0.3 is 0 Å². The minimum absolute atomic E-state index is 0.00351. The fourth-order valence-corrected chi connectivity index (χ4v) is 5.72. The zero-order chi connectivity index (χ0) is 22.6. The largest absolute Gasteiger partial charge is 0.372 e. The SMILES string of the molecule is CN1C(=O)/C(=C/c2ccc(N3CCCCC3)cc2)SC1=Nc1ccc(N2CCCCC2)cc1. The molecular weight excluding hydrogens is 428 g/mol. The summed E-state index contributed by atoms with van der Waals surface area (Å²) in [6.45, 7) is 4.54. The first-order valence-electron chi connectivity index (χ1n) is 12.1. The Bertz CT molecular complexity index is 1030. The van der Waals surface area contributed by atoms with E-state index in [0.29, 0.717) is 4.91 Å². The minimum Gasteiger partial charge on any atom is -0.372 e. The van der Waals surface area contributed by atoms with Gasteiger partial charge in [-0.3, -0.25) is 9.69 Å². The molecule has 3 aliphatic rings. The Morgan fingerprint density at radius 3 is 1.82 bits per heavy atom. The molecule has 0 N–H and O–H groups in total. The van der Waals surface area contributed by atoms with E-state index < -0.39 is 0 Å². The molecule has 5 rings (SSSR count). The van der Waals surface area contributed by atoms with E-state index >= 15 is 0 Å². The molecule has 1 amide bonds. The normalized spacial score (nSPS) is 22.0. The number of nitrogens with zero attached hydrogens (tertiary/aromatic N) is 4. The Morgan fingerprint density at radius 2 is 1.27 bits per heavy atom. The first-order chi connectivity index (χ1) is 16.2. The molecule has 0 bridgehead atoms. The van der Waals surface area contributed by atoms with Crippen LogP contribution in [-0.4, -0.2) is 49.2 Å². The maximum atomic E-state index is 12.8. The molecule has 2 aromatic carbocycles. The predicted octanol–water partition coefficient (Wildman–Crippen LogP) is 5.90. The molecule has 33 heavy (non-hydrogen) atoms. The second-order valence-corrected chi connectivity index (χ2v) is 10.1. The van der Waals surface area contributed by atoms with Gasteiger partial charge in [0.2, 0.25) is 0 Å². The summed E-state index contributed by atoms with van der Waals surface area (Å²) in [5.41, 5.74) is 4.46. The van der Waals surface area contributed by atoms with E-state index in [1.165, 1.54) is 61.7 Å². The van der Waals surface area contributed by atoms with Crippen molar-refractivity contribution in [2.45, 2.75) is 38.5 Å². The van der Waals surface area contributed by atoms with Crippen LogP contribution in [0.3, 0.4) is 0 Å². The van der Waals surface area contributed by atoms with Crippen LogP contribution in [-0.2, 0) is 4.79 Å². The highest BCUT2D eigenvalue weighted by Crippen LogP contribution is 2.34. The van der Waals surface area contributed by atoms with Gasteiger partial charge in [-0.2, -0.15) is 0 Å². The Kier molecular flexibility index (Phi) is 6.72. The van der Waals surface area contributed by atoms with Crippen LogP contribution in [0.25, 0.3) is 6.08 Å². The maximum Gasteiger partial charge on any atom is 0.266 e. The van der Waals surface area contributed by atoms with Gasteiger partial charge in [0.05, 0.1) is 10.6 Å². The summed E-state index contributed by atoms with van der Waals surface area (Å²) in [6, 6.07) is 17.0. The van der Waals surface area contributed by atoms with Gasteiger partial charge in [-0.25, -0.2) is 4.99 Å². The number of hydrogen-bond donors (Lipinski definition) is 0. The fraction of sp³-hybridized carbons (Fsp3) is 0.407. The van der Waals surface area contributed by atoms with Crippen LogP contribution in [0.4, 0.5) is 17.1 Å². The molecule has 6 heteroatoms. The molecule has 172 valence electrons. The number of aliphatic imine (C=N–C) groups is 1. The van der Waals surface area contributed by atoms with Crippen LogP contribution in [0.15, 0.2) is 58.4 Å². The standard InChI is InChI=1S/C27H32N4OS/c1-29-26(32)25(20-21-8-12-23(13-9-21)30-16-4-2-5-17-30)33-27(29)28-22-10-14-24(15-11-22)31-18-6-3-7-19-31/h8-15,20H,2-7,16-19H2,1H3/b25-20-,28-27?. The lowest BCUT2D eigenvalue weighted by molar-refractivity contribution is -0.121. The molecule has 0 aromatic heterocycles. The van der Waals surface area contributed by atoms with Crippen molar-refractivity contribution in [2.75, 3.05) is 43.0 Å². The maximum absolute atomic E-state index is 12.8. The quantitative estimate of drug-likeness (QED) is 0.533. The van der Waals surface area contributed by atoms with Crippen molar-refractivity contribution in [2.24, 2.45) is 4.99 Å². The van der Waals surface area contributed by atoms with Crippen LogP contribution < -0.4 is 9.80 Å². The lowest BCUT2D eigenvalue weighted by Crippen LogP contribution is -2.29.